The quantitative estimate of drug-likeness (QED) is 0.734. The average Bonchev–Trinajstić information content (AvgIpc) is 2.77. The first-order valence-electron chi connectivity index (χ1n) is 9.24. The minimum atomic E-state index is -1.03. The third-order valence-electron chi connectivity index (χ3n) is 4.74. The number of benzene rings is 2. The summed E-state index contributed by atoms with van der Waals surface area (Å²) in [6.07, 6.45) is 1.52. The van der Waals surface area contributed by atoms with Crippen LogP contribution in [-0.2, 0) is 0 Å². The van der Waals surface area contributed by atoms with Gasteiger partial charge in [-0.1, -0.05) is 18.2 Å². The molecular weight excluding hydrogens is 376 g/mol. The van der Waals surface area contributed by atoms with Gasteiger partial charge in [-0.25, -0.2) is 18.7 Å². The smallest absolute Gasteiger partial charge is 0.274 e. The molecule has 1 fully saturated rings. The summed E-state index contributed by atoms with van der Waals surface area (Å²) in [5.41, 5.74) is 1.49. The number of hydrogen-bond acceptors (Lipinski definition) is 5. The largest absolute Gasteiger partial charge is 0.368 e. The lowest BCUT2D eigenvalue weighted by Gasteiger charge is -2.36. The Kier molecular flexibility index (Phi) is 5.33. The number of carbonyl (C=O) groups is 1. The molecule has 4 rings (SSSR count). The van der Waals surface area contributed by atoms with Crippen molar-refractivity contribution in [2.75, 3.05) is 41.3 Å². The summed E-state index contributed by atoms with van der Waals surface area (Å²) in [6, 6.07) is 14.8. The first kappa shape index (κ1) is 18.8. The Labute approximate surface area is 166 Å². The van der Waals surface area contributed by atoms with E-state index in [0.29, 0.717) is 5.95 Å². The Morgan fingerprint density at radius 1 is 0.897 bits per heavy atom. The highest BCUT2D eigenvalue weighted by Crippen LogP contribution is 2.18. The summed E-state index contributed by atoms with van der Waals surface area (Å²) < 4.78 is 26.4. The fraction of sp³-hybridized carbons (Fsp3) is 0.190. The topological polar surface area (TPSA) is 61.4 Å². The van der Waals surface area contributed by atoms with Crippen molar-refractivity contribution in [3.05, 3.63) is 78.1 Å². The standard InChI is InChI=1S/C21H19F2N5O/c22-17-7-6-15(14-18(17)23)25-20(29)19-8-9-24-21(26-19)28-12-10-27(11-13-28)16-4-2-1-3-5-16/h1-9,14H,10-13H2,(H,25,29). The molecule has 1 amide bonds. The minimum absolute atomic E-state index is 0.158. The van der Waals surface area contributed by atoms with Crippen molar-refractivity contribution in [2.45, 2.75) is 0 Å². The van der Waals surface area contributed by atoms with Gasteiger partial charge in [0.1, 0.15) is 5.69 Å². The van der Waals surface area contributed by atoms with Crippen LogP contribution in [0.15, 0.2) is 60.8 Å². The number of amides is 1. The predicted octanol–water partition coefficient (Wildman–Crippen LogP) is 3.33. The average molecular weight is 395 g/mol. The summed E-state index contributed by atoms with van der Waals surface area (Å²) in [4.78, 5) is 25.4. The van der Waals surface area contributed by atoms with E-state index in [2.05, 4.69) is 32.3 Å². The maximum Gasteiger partial charge on any atom is 0.274 e. The van der Waals surface area contributed by atoms with Crippen LogP contribution < -0.4 is 15.1 Å². The molecule has 8 heteroatoms. The fourth-order valence-electron chi connectivity index (χ4n) is 3.20. The van der Waals surface area contributed by atoms with Gasteiger partial charge in [-0.15, -0.1) is 0 Å². The summed E-state index contributed by atoms with van der Waals surface area (Å²) in [6.45, 7) is 3.09. The molecule has 0 atom stereocenters. The number of piperazine rings is 1. The Hall–Kier alpha value is -3.55. The maximum absolute atomic E-state index is 13.3. The molecule has 2 heterocycles. The zero-order chi connectivity index (χ0) is 20.2. The van der Waals surface area contributed by atoms with E-state index >= 15 is 0 Å². The molecule has 1 N–H and O–H groups in total. The number of anilines is 3. The van der Waals surface area contributed by atoms with Crippen LogP contribution in [0.3, 0.4) is 0 Å². The van der Waals surface area contributed by atoms with Crippen LogP contribution in [-0.4, -0.2) is 42.1 Å². The van der Waals surface area contributed by atoms with Crippen molar-refractivity contribution in [3.8, 4) is 0 Å². The highest BCUT2D eigenvalue weighted by atomic mass is 19.2. The Bertz CT molecular complexity index is 1010. The van der Waals surface area contributed by atoms with Crippen LogP contribution in [0.1, 0.15) is 10.5 Å². The zero-order valence-electron chi connectivity index (χ0n) is 15.6. The number of rotatable bonds is 4. The molecule has 1 aromatic heterocycles. The van der Waals surface area contributed by atoms with E-state index < -0.39 is 17.5 Å². The van der Waals surface area contributed by atoms with Crippen LogP contribution in [0.2, 0.25) is 0 Å². The lowest BCUT2D eigenvalue weighted by Crippen LogP contribution is -2.47. The summed E-state index contributed by atoms with van der Waals surface area (Å²) >= 11 is 0. The highest BCUT2D eigenvalue weighted by molar-refractivity contribution is 6.02. The van der Waals surface area contributed by atoms with Gasteiger partial charge < -0.3 is 15.1 Å². The second kappa shape index (κ2) is 8.22. The molecule has 1 saturated heterocycles. The zero-order valence-corrected chi connectivity index (χ0v) is 15.6. The molecule has 1 aliphatic rings. The van der Waals surface area contributed by atoms with Gasteiger partial charge in [0.15, 0.2) is 11.6 Å². The molecule has 148 valence electrons. The van der Waals surface area contributed by atoms with Crippen molar-refractivity contribution in [1.29, 1.82) is 0 Å². The normalized spacial score (nSPS) is 14.0. The minimum Gasteiger partial charge on any atom is -0.368 e. The molecule has 1 aliphatic heterocycles. The van der Waals surface area contributed by atoms with Crippen molar-refractivity contribution in [1.82, 2.24) is 9.97 Å². The van der Waals surface area contributed by atoms with Crippen LogP contribution in [0, 0.1) is 11.6 Å². The van der Waals surface area contributed by atoms with Gasteiger partial charge in [-0.3, -0.25) is 4.79 Å². The molecule has 0 radical (unpaired) electrons. The maximum atomic E-state index is 13.3. The Morgan fingerprint density at radius 2 is 1.62 bits per heavy atom. The Morgan fingerprint density at radius 3 is 2.34 bits per heavy atom. The number of nitrogens with zero attached hydrogens (tertiary/aromatic N) is 4. The number of aromatic nitrogens is 2. The molecular formula is C21H19F2N5O. The molecule has 3 aromatic rings. The fourth-order valence-corrected chi connectivity index (χ4v) is 3.20. The first-order valence-corrected chi connectivity index (χ1v) is 9.24. The Balaban J connectivity index is 1.42. The monoisotopic (exact) mass is 395 g/mol. The molecule has 6 nitrogen and oxygen atoms in total. The van der Waals surface area contributed by atoms with E-state index in [4.69, 9.17) is 0 Å². The number of para-hydroxylation sites is 1. The lowest BCUT2D eigenvalue weighted by atomic mass is 10.2. The SMILES string of the molecule is O=C(Nc1ccc(F)c(F)c1)c1ccnc(N2CCN(c3ccccc3)CC2)n1. The molecule has 0 aliphatic carbocycles. The predicted molar refractivity (Wildman–Crippen MR) is 107 cm³/mol. The first-order chi connectivity index (χ1) is 14.1. The summed E-state index contributed by atoms with van der Waals surface area (Å²) in [5, 5.41) is 2.52. The van der Waals surface area contributed by atoms with E-state index in [0.717, 1.165) is 38.3 Å². The molecule has 29 heavy (non-hydrogen) atoms. The van der Waals surface area contributed by atoms with Crippen molar-refractivity contribution < 1.29 is 13.6 Å². The number of hydrogen-bond donors (Lipinski definition) is 1. The van der Waals surface area contributed by atoms with Crippen LogP contribution >= 0.6 is 0 Å². The molecule has 0 bridgehead atoms. The van der Waals surface area contributed by atoms with Crippen molar-refractivity contribution in [2.24, 2.45) is 0 Å². The van der Waals surface area contributed by atoms with Gasteiger partial charge in [-0.05, 0) is 30.3 Å². The van der Waals surface area contributed by atoms with E-state index in [1.165, 1.54) is 24.0 Å². The van der Waals surface area contributed by atoms with Crippen molar-refractivity contribution in [3.63, 3.8) is 0 Å². The molecule has 0 spiro atoms. The number of carbonyl (C=O) groups excluding carboxylic acids is 1. The van der Waals surface area contributed by atoms with Crippen LogP contribution in [0.25, 0.3) is 0 Å². The van der Waals surface area contributed by atoms with Crippen molar-refractivity contribution >= 4 is 23.2 Å². The van der Waals surface area contributed by atoms with E-state index in [1.807, 2.05) is 23.1 Å². The molecule has 0 saturated carbocycles. The second-order valence-electron chi connectivity index (χ2n) is 6.63. The second-order valence-corrected chi connectivity index (χ2v) is 6.63. The highest BCUT2D eigenvalue weighted by Gasteiger charge is 2.20. The van der Waals surface area contributed by atoms with Gasteiger partial charge in [-0.2, -0.15) is 0 Å². The van der Waals surface area contributed by atoms with Gasteiger partial charge >= 0.3 is 0 Å². The summed E-state index contributed by atoms with van der Waals surface area (Å²) in [7, 11) is 0. The third kappa shape index (κ3) is 4.31. The van der Waals surface area contributed by atoms with E-state index in [-0.39, 0.29) is 11.4 Å². The molecule has 0 unspecified atom stereocenters. The van der Waals surface area contributed by atoms with Gasteiger partial charge in [0, 0.05) is 49.8 Å². The van der Waals surface area contributed by atoms with Gasteiger partial charge in [0.25, 0.3) is 5.91 Å². The van der Waals surface area contributed by atoms with E-state index in [9.17, 15) is 13.6 Å². The number of halogens is 2. The summed E-state index contributed by atoms with van der Waals surface area (Å²) in [5.74, 6) is -2.04. The molecule has 2 aromatic carbocycles. The van der Waals surface area contributed by atoms with Crippen LogP contribution in [0.5, 0.6) is 0 Å². The number of nitrogens with one attached hydrogen (secondary N) is 1. The van der Waals surface area contributed by atoms with E-state index in [1.54, 1.807) is 0 Å². The van der Waals surface area contributed by atoms with Gasteiger partial charge in [0.2, 0.25) is 5.95 Å². The third-order valence-corrected chi connectivity index (χ3v) is 4.74. The van der Waals surface area contributed by atoms with Gasteiger partial charge in [0.05, 0.1) is 0 Å². The van der Waals surface area contributed by atoms with Crippen LogP contribution in [0.4, 0.5) is 26.1 Å². The lowest BCUT2D eigenvalue weighted by molar-refractivity contribution is 0.102.